The highest BCUT2D eigenvalue weighted by Crippen LogP contribution is 2.37. The zero-order chi connectivity index (χ0) is 9.42. The van der Waals surface area contributed by atoms with Crippen LogP contribution < -0.4 is 0 Å². The minimum atomic E-state index is -0.423. The van der Waals surface area contributed by atoms with Crippen LogP contribution in [0, 0.1) is 10.1 Å². The number of nitrogens with zero attached hydrogens (tertiary/aromatic N) is 1. The van der Waals surface area contributed by atoms with Crippen LogP contribution in [0.4, 0.5) is 5.69 Å². The van der Waals surface area contributed by atoms with Gasteiger partial charge in [-0.2, -0.15) is 0 Å². The van der Waals surface area contributed by atoms with Gasteiger partial charge < -0.3 is 4.74 Å². The molecule has 0 radical (unpaired) electrons. The third-order valence-electron chi connectivity index (χ3n) is 1.87. The number of halogens is 1. The Morgan fingerprint density at radius 1 is 1.62 bits per heavy atom. The summed E-state index contributed by atoms with van der Waals surface area (Å²) in [5.74, 6) is 0. The Kier molecular flexibility index (Phi) is 1.94. The maximum Gasteiger partial charge on any atom is 0.275 e. The molecule has 68 valence electrons. The first-order chi connectivity index (χ1) is 6.18. The molecule has 1 aromatic carbocycles. The van der Waals surface area contributed by atoms with Crippen molar-refractivity contribution in [2.24, 2.45) is 0 Å². The van der Waals surface area contributed by atoms with Crippen molar-refractivity contribution in [3.63, 3.8) is 0 Å². The average Bonchev–Trinajstić information content (AvgIpc) is 2.85. The zero-order valence-electron chi connectivity index (χ0n) is 6.57. The van der Waals surface area contributed by atoms with Crippen molar-refractivity contribution in [1.82, 2.24) is 0 Å². The topological polar surface area (TPSA) is 55.7 Å². The second-order valence-electron chi connectivity index (χ2n) is 2.78. The summed E-state index contributed by atoms with van der Waals surface area (Å²) in [4.78, 5) is 10.1. The number of hydrogen-bond acceptors (Lipinski definition) is 3. The van der Waals surface area contributed by atoms with Gasteiger partial charge >= 0.3 is 0 Å². The molecule has 1 fully saturated rings. The Balaban J connectivity index is 2.47. The summed E-state index contributed by atoms with van der Waals surface area (Å²) in [5.41, 5.74) is 0.643. The van der Waals surface area contributed by atoms with Gasteiger partial charge in [0.2, 0.25) is 0 Å². The van der Waals surface area contributed by atoms with Gasteiger partial charge in [0.05, 0.1) is 17.1 Å². The fraction of sp³-hybridized carbons (Fsp3) is 0.250. The van der Waals surface area contributed by atoms with Crippen LogP contribution in [0.5, 0.6) is 0 Å². The number of epoxide rings is 1. The van der Waals surface area contributed by atoms with Crippen LogP contribution in [0.25, 0.3) is 0 Å². The molecule has 0 aliphatic carbocycles. The molecule has 0 unspecified atom stereocenters. The highest BCUT2D eigenvalue weighted by atomic mass is 35.5. The summed E-state index contributed by atoms with van der Waals surface area (Å²) in [7, 11) is 0. The normalized spacial score (nSPS) is 19.9. The van der Waals surface area contributed by atoms with E-state index in [-0.39, 0.29) is 11.8 Å². The number of rotatable bonds is 2. The van der Waals surface area contributed by atoms with Crippen LogP contribution in [0.15, 0.2) is 18.2 Å². The Labute approximate surface area is 79.2 Å². The summed E-state index contributed by atoms with van der Waals surface area (Å²) in [6, 6.07) is 4.49. The molecule has 1 heterocycles. The Hall–Kier alpha value is -1.13. The van der Waals surface area contributed by atoms with Crippen molar-refractivity contribution in [2.45, 2.75) is 6.10 Å². The van der Waals surface area contributed by atoms with E-state index in [0.717, 1.165) is 0 Å². The molecule has 0 bridgehead atoms. The predicted molar refractivity (Wildman–Crippen MR) is 46.8 cm³/mol. The van der Waals surface area contributed by atoms with Crippen LogP contribution in [0.3, 0.4) is 0 Å². The van der Waals surface area contributed by atoms with E-state index in [9.17, 15) is 10.1 Å². The quantitative estimate of drug-likeness (QED) is 0.417. The molecular formula is C8H6ClNO3. The second-order valence-corrected chi connectivity index (χ2v) is 3.22. The van der Waals surface area contributed by atoms with E-state index in [1.54, 1.807) is 6.07 Å². The molecule has 0 aromatic heterocycles. The lowest BCUT2D eigenvalue weighted by molar-refractivity contribution is -0.385. The van der Waals surface area contributed by atoms with Crippen molar-refractivity contribution in [1.29, 1.82) is 0 Å². The van der Waals surface area contributed by atoms with Crippen molar-refractivity contribution in [3.8, 4) is 0 Å². The Bertz CT molecular complexity index is 362. The predicted octanol–water partition coefficient (Wildman–Crippen LogP) is 2.32. The standard InChI is InChI=1S/C8H6ClNO3/c9-5-1-2-7(10(11)12)6(3-5)8-4-13-8/h1-3,8H,4H2/t8-/m1/s1. The highest BCUT2D eigenvalue weighted by Gasteiger charge is 2.31. The molecule has 1 aliphatic heterocycles. The Morgan fingerprint density at radius 3 is 2.85 bits per heavy atom. The molecule has 0 saturated carbocycles. The maximum absolute atomic E-state index is 10.6. The smallest absolute Gasteiger partial charge is 0.275 e. The van der Waals surface area contributed by atoms with Crippen LogP contribution in [-0.4, -0.2) is 11.5 Å². The van der Waals surface area contributed by atoms with Crippen LogP contribution >= 0.6 is 11.6 Å². The zero-order valence-corrected chi connectivity index (χ0v) is 7.32. The molecule has 0 N–H and O–H groups in total. The number of nitro groups is 1. The van der Waals surface area contributed by atoms with E-state index in [0.29, 0.717) is 17.2 Å². The summed E-state index contributed by atoms with van der Waals surface area (Å²) in [6.45, 7) is 0.543. The maximum atomic E-state index is 10.6. The second kappa shape index (κ2) is 2.97. The van der Waals surface area contributed by atoms with Crippen LogP contribution in [0.1, 0.15) is 11.7 Å². The van der Waals surface area contributed by atoms with E-state index >= 15 is 0 Å². The summed E-state index contributed by atoms with van der Waals surface area (Å²) in [6.07, 6.45) is -0.140. The number of nitro benzene ring substituents is 1. The monoisotopic (exact) mass is 199 g/mol. The minimum Gasteiger partial charge on any atom is -0.368 e. The van der Waals surface area contributed by atoms with E-state index in [1.807, 2.05) is 0 Å². The molecule has 1 aliphatic rings. The first kappa shape index (κ1) is 8.47. The van der Waals surface area contributed by atoms with Gasteiger partial charge in [0.25, 0.3) is 5.69 Å². The SMILES string of the molecule is O=[N+]([O-])c1ccc(Cl)cc1[C@H]1CO1. The largest absolute Gasteiger partial charge is 0.368 e. The molecule has 2 rings (SSSR count). The van der Waals surface area contributed by atoms with Gasteiger partial charge in [-0.15, -0.1) is 0 Å². The molecule has 4 nitrogen and oxygen atoms in total. The number of hydrogen-bond donors (Lipinski definition) is 0. The minimum absolute atomic E-state index is 0.0758. The molecule has 0 spiro atoms. The fourth-order valence-corrected chi connectivity index (χ4v) is 1.36. The van der Waals surface area contributed by atoms with Gasteiger partial charge in [0.15, 0.2) is 0 Å². The summed E-state index contributed by atoms with van der Waals surface area (Å²) in [5, 5.41) is 11.1. The van der Waals surface area contributed by atoms with E-state index in [2.05, 4.69) is 0 Å². The van der Waals surface area contributed by atoms with Gasteiger partial charge in [-0.25, -0.2) is 0 Å². The van der Waals surface area contributed by atoms with Crippen molar-refractivity contribution >= 4 is 17.3 Å². The van der Waals surface area contributed by atoms with Gasteiger partial charge in [0, 0.05) is 11.1 Å². The highest BCUT2D eigenvalue weighted by molar-refractivity contribution is 6.30. The lowest BCUT2D eigenvalue weighted by Gasteiger charge is -1.98. The van der Waals surface area contributed by atoms with Crippen LogP contribution in [-0.2, 0) is 4.74 Å². The molecule has 0 amide bonds. The van der Waals surface area contributed by atoms with E-state index in [1.165, 1.54) is 12.1 Å². The van der Waals surface area contributed by atoms with Gasteiger partial charge in [-0.1, -0.05) is 11.6 Å². The lowest BCUT2D eigenvalue weighted by atomic mass is 10.1. The summed E-state index contributed by atoms with van der Waals surface area (Å²) >= 11 is 5.72. The van der Waals surface area contributed by atoms with E-state index < -0.39 is 4.92 Å². The number of ether oxygens (including phenoxy) is 1. The third kappa shape index (κ3) is 1.64. The molecular weight excluding hydrogens is 194 g/mol. The van der Waals surface area contributed by atoms with E-state index in [4.69, 9.17) is 16.3 Å². The molecule has 1 atom stereocenters. The van der Waals surface area contributed by atoms with Crippen LogP contribution in [0.2, 0.25) is 5.02 Å². The third-order valence-corrected chi connectivity index (χ3v) is 2.10. The lowest BCUT2D eigenvalue weighted by Crippen LogP contribution is -1.93. The van der Waals surface area contributed by atoms with Crippen molar-refractivity contribution in [3.05, 3.63) is 38.9 Å². The molecule has 5 heteroatoms. The van der Waals surface area contributed by atoms with Gasteiger partial charge in [-0.05, 0) is 12.1 Å². The first-order valence-corrected chi connectivity index (χ1v) is 4.12. The molecule has 13 heavy (non-hydrogen) atoms. The first-order valence-electron chi connectivity index (χ1n) is 3.74. The summed E-state index contributed by atoms with van der Waals surface area (Å²) < 4.78 is 4.98. The Morgan fingerprint density at radius 2 is 2.31 bits per heavy atom. The molecule has 1 aromatic rings. The number of benzene rings is 1. The van der Waals surface area contributed by atoms with Gasteiger partial charge in [-0.3, -0.25) is 10.1 Å². The molecule has 1 saturated heterocycles. The van der Waals surface area contributed by atoms with Crippen molar-refractivity contribution < 1.29 is 9.66 Å². The van der Waals surface area contributed by atoms with Crippen molar-refractivity contribution in [2.75, 3.05) is 6.61 Å². The fourth-order valence-electron chi connectivity index (χ4n) is 1.18. The average molecular weight is 200 g/mol. The van der Waals surface area contributed by atoms with Gasteiger partial charge in [0.1, 0.15) is 6.10 Å².